The van der Waals surface area contributed by atoms with Crippen LogP contribution in [0, 0.1) is 5.82 Å². The van der Waals surface area contributed by atoms with Gasteiger partial charge in [-0.1, -0.05) is 29.3 Å². The Labute approximate surface area is 235 Å². The molecule has 4 heterocycles. The standard InChI is InChI=1S/C28H28Cl2FN5O3/c1-34(17-6-7-17)28(38)21-9-10-22(27(30)33-21)39-15-24(37)36-13-11-20-26(35-12-3-2-4-23(35)32-20)25(36)18-8-5-16(29)14-19(18)31/h5,8-10,14,17,25H,2-4,6-7,11-13,15H2,1H3. The maximum Gasteiger partial charge on any atom is 0.272 e. The summed E-state index contributed by atoms with van der Waals surface area (Å²) in [5.41, 5.74) is 2.34. The maximum atomic E-state index is 15.3. The summed E-state index contributed by atoms with van der Waals surface area (Å²) < 4.78 is 23.2. The molecular weight excluding hydrogens is 544 g/mol. The van der Waals surface area contributed by atoms with Gasteiger partial charge in [0.15, 0.2) is 17.5 Å². The Balaban J connectivity index is 1.25. The number of aryl methyl sites for hydroxylation is 1. The van der Waals surface area contributed by atoms with Gasteiger partial charge in [-0.05, 0) is 49.9 Å². The highest BCUT2D eigenvalue weighted by Crippen LogP contribution is 2.39. The fourth-order valence-corrected chi connectivity index (χ4v) is 5.91. The fourth-order valence-electron chi connectivity index (χ4n) is 5.54. The molecule has 2 aromatic heterocycles. The molecule has 1 atom stereocenters. The zero-order valence-corrected chi connectivity index (χ0v) is 23.0. The number of carbonyl (C=O) groups is 2. The third kappa shape index (κ3) is 4.98. The third-order valence-corrected chi connectivity index (χ3v) is 8.24. The lowest BCUT2D eigenvalue weighted by Crippen LogP contribution is -2.44. The minimum absolute atomic E-state index is 0.00364. The molecule has 3 aromatic rings. The van der Waals surface area contributed by atoms with E-state index in [4.69, 9.17) is 32.9 Å². The van der Waals surface area contributed by atoms with Crippen LogP contribution in [0.2, 0.25) is 10.2 Å². The molecular formula is C28H28Cl2FN5O3. The van der Waals surface area contributed by atoms with E-state index >= 15 is 4.39 Å². The first-order chi connectivity index (χ1) is 18.8. The van der Waals surface area contributed by atoms with E-state index in [9.17, 15) is 9.59 Å². The molecule has 1 aromatic carbocycles. The van der Waals surface area contributed by atoms with E-state index < -0.39 is 11.9 Å². The van der Waals surface area contributed by atoms with Gasteiger partial charge in [-0.15, -0.1) is 0 Å². The van der Waals surface area contributed by atoms with Crippen LogP contribution < -0.4 is 4.74 Å². The summed E-state index contributed by atoms with van der Waals surface area (Å²) in [7, 11) is 1.75. The topological polar surface area (TPSA) is 80.6 Å². The van der Waals surface area contributed by atoms with E-state index in [1.54, 1.807) is 41.1 Å². The molecule has 0 N–H and O–H groups in total. The van der Waals surface area contributed by atoms with Gasteiger partial charge >= 0.3 is 0 Å². The Morgan fingerprint density at radius 3 is 2.67 bits per heavy atom. The number of amides is 2. The zero-order valence-electron chi connectivity index (χ0n) is 21.5. The van der Waals surface area contributed by atoms with Crippen LogP contribution in [-0.4, -0.2) is 62.4 Å². The smallest absolute Gasteiger partial charge is 0.272 e. The molecule has 1 saturated carbocycles. The number of pyridine rings is 1. The Morgan fingerprint density at radius 1 is 1.10 bits per heavy atom. The molecule has 0 radical (unpaired) electrons. The first-order valence-corrected chi connectivity index (χ1v) is 14.0. The molecule has 8 nitrogen and oxygen atoms in total. The van der Waals surface area contributed by atoms with Crippen LogP contribution in [0.1, 0.15) is 65.0 Å². The Kier molecular flexibility index (Phi) is 6.97. The Bertz CT molecular complexity index is 1460. The predicted octanol–water partition coefficient (Wildman–Crippen LogP) is 4.85. The Morgan fingerprint density at radius 2 is 1.92 bits per heavy atom. The van der Waals surface area contributed by atoms with Crippen molar-refractivity contribution in [3.05, 3.63) is 74.8 Å². The molecule has 6 rings (SSSR count). The van der Waals surface area contributed by atoms with Gasteiger partial charge < -0.3 is 19.1 Å². The SMILES string of the molecule is CN(C(=O)c1ccc(OCC(=O)N2CCc3nc4n(c3C2c2ccc(Cl)cc2F)CCCC4)c(Cl)n1)C1CC1. The van der Waals surface area contributed by atoms with Crippen molar-refractivity contribution >= 4 is 35.0 Å². The number of halogens is 3. The molecule has 2 amide bonds. The molecule has 2 aliphatic heterocycles. The van der Waals surface area contributed by atoms with E-state index in [1.165, 1.54) is 6.07 Å². The lowest BCUT2D eigenvalue weighted by Gasteiger charge is -2.37. The maximum absolute atomic E-state index is 15.3. The van der Waals surface area contributed by atoms with Crippen LogP contribution in [0.25, 0.3) is 0 Å². The number of fused-ring (bicyclic) bond motifs is 3. The highest BCUT2D eigenvalue weighted by Gasteiger charge is 2.39. The average Bonchev–Trinajstić information content (AvgIpc) is 3.71. The number of aromatic nitrogens is 3. The number of benzene rings is 1. The fraction of sp³-hybridized carbons (Fsp3) is 0.429. The number of hydrogen-bond donors (Lipinski definition) is 0. The highest BCUT2D eigenvalue weighted by atomic mass is 35.5. The summed E-state index contributed by atoms with van der Waals surface area (Å²) in [4.78, 5) is 38.6. The molecule has 0 spiro atoms. The molecule has 3 aliphatic rings. The zero-order chi connectivity index (χ0) is 27.3. The molecule has 1 aliphatic carbocycles. The van der Waals surface area contributed by atoms with Crippen molar-refractivity contribution < 1.29 is 18.7 Å². The van der Waals surface area contributed by atoms with Crippen molar-refractivity contribution in [2.75, 3.05) is 20.2 Å². The van der Waals surface area contributed by atoms with E-state index in [0.717, 1.165) is 55.9 Å². The number of ether oxygens (including phenoxy) is 1. The number of rotatable bonds is 6. The van der Waals surface area contributed by atoms with Crippen LogP contribution in [0.15, 0.2) is 30.3 Å². The first-order valence-electron chi connectivity index (χ1n) is 13.2. The van der Waals surface area contributed by atoms with E-state index in [2.05, 4.69) is 9.55 Å². The second-order valence-corrected chi connectivity index (χ2v) is 11.1. The van der Waals surface area contributed by atoms with E-state index in [0.29, 0.717) is 18.5 Å². The average molecular weight is 572 g/mol. The van der Waals surface area contributed by atoms with Crippen molar-refractivity contribution in [2.45, 2.75) is 57.2 Å². The van der Waals surface area contributed by atoms with Crippen molar-refractivity contribution in [2.24, 2.45) is 0 Å². The molecule has 1 fully saturated rings. The second kappa shape index (κ2) is 10.4. The van der Waals surface area contributed by atoms with Gasteiger partial charge in [0.2, 0.25) is 0 Å². The van der Waals surface area contributed by atoms with Crippen LogP contribution >= 0.6 is 23.2 Å². The summed E-state index contributed by atoms with van der Waals surface area (Å²) in [6.07, 6.45) is 5.47. The minimum Gasteiger partial charge on any atom is -0.481 e. The highest BCUT2D eigenvalue weighted by molar-refractivity contribution is 6.31. The van der Waals surface area contributed by atoms with Gasteiger partial charge in [0.25, 0.3) is 11.8 Å². The number of carbonyl (C=O) groups excluding carboxylic acids is 2. The normalized spacial score (nSPS) is 18.4. The molecule has 0 bridgehead atoms. The summed E-state index contributed by atoms with van der Waals surface area (Å²) in [5, 5.41) is 0.292. The molecule has 0 saturated heterocycles. The second-order valence-electron chi connectivity index (χ2n) is 10.3. The summed E-state index contributed by atoms with van der Waals surface area (Å²) in [5.74, 6) is 0.175. The minimum atomic E-state index is -0.659. The van der Waals surface area contributed by atoms with E-state index in [1.807, 2.05) is 0 Å². The lowest BCUT2D eigenvalue weighted by atomic mass is 9.94. The molecule has 204 valence electrons. The van der Waals surface area contributed by atoms with Gasteiger partial charge in [0.05, 0.1) is 11.4 Å². The van der Waals surface area contributed by atoms with Gasteiger partial charge in [-0.25, -0.2) is 14.4 Å². The summed E-state index contributed by atoms with van der Waals surface area (Å²) in [6, 6.07) is 7.22. The molecule has 1 unspecified atom stereocenters. The predicted molar refractivity (Wildman–Crippen MR) is 144 cm³/mol. The van der Waals surface area contributed by atoms with Crippen LogP contribution in [-0.2, 0) is 24.2 Å². The largest absolute Gasteiger partial charge is 0.481 e. The van der Waals surface area contributed by atoms with Gasteiger partial charge in [-0.2, -0.15) is 0 Å². The van der Waals surface area contributed by atoms with Crippen LogP contribution in [0.5, 0.6) is 5.75 Å². The summed E-state index contributed by atoms with van der Waals surface area (Å²) in [6.45, 7) is 0.828. The number of nitrogens with zero attached hydrogens (tertiary/aromatic N) is 5. The summed E-state index contributed by atoms with van der Waals surface area (Å²) >= 11 is 12.4. The lowest BCUT2D eigenvalue weighted by molar-refractivity contribution is -0.135. The third-order valence-electron chi connectivity index (χ3n) is 7.73. The van der Waals surface area contributed by atoms with Crippen molar-refractivity contribution in [1.29, 1.82) is 0 Å². The molecule has 39 heavy (non-hydrogen) atoms. The van der Waals surface area contributed by atoms with Crippen molar-refractivity contribution in [3.8, 4) is 5.75 Å². The van der Waals surface area contributed by atoms with Crippen LogP contribution in [0.3, 0.4) is 0 Å². The quantitative estimate of drug-likeness (QED) is 0.395. The number of hydrogen-bond acceptors (Lipinski definition) is 5. The van der Waals surface area contributed by atoms with Gasteiger partial charge in [0, 0.05) is 49.6 Å². The van der Waals surface area contributed by atoms with Crippen molar-refractivity contribution in [1.82, 2.24) is 24.3 Å². The Hall–Kier alpha value is -3.17. The van der Waals surface area contributed by atoms with Crippen molar-refractivity contribution in [3.63, 3.8) is 0 Å². The monoisotopic (exact) mass is 571 g/mol. The first kappa shape index (κ1) is 26.1. The van der Waals surface area contributed by atoms with E-state index in [-0.39, 0.29) is 46.1 Å². The molecule has 11 heteroatoms. The van der Waals surface area contributed by atoms with Crippen LogP contribution in [0.4, 0.5) is 4.39 Å². The van der Waals surface area contributed by atoms with Gasteiger partial charge in [0.1, 0.15) is 23.4 Å². The number of imidazole rings is 1. The van der Waals surface area contributed by atoms with Gasteiger partial charge in [-0.3, -0.25) is 9.59 Å².